The van der Waals surface area contributed by atoms with Gasteiger partial charge in [0.25, 0.3) is 0 Å². The molecule has 1 aliphatic rings. The lowest BCUT2D eigenvalue weighted by Gasteiger charge is -2.39. The van der Waals surface area contributed by atoms with E-state index in [1.54, 1.807) is 0 Å². The molecule has 1 saturated heterocycles. The van der Waals surface area contributed by atoms with E-state index in [1.165, 1.54) is 0 Å². The number of aliphatic hydroxyl groups is 4. The fraction of sp³-hybridized carbons (Fsp3) is 0.538. The Labute approximate surface area is 110 Å². The Morgan fingerprint density at radius 2 is 1.74 bits per heavy atom. The molecule has 6 heteroatoms. The van der Waals surface area contributed by atoms with Gasteiger partial charge in [-0.3, -0.25) is 0 Å². The molecular formula is C13H18O6. The van der Waals surface area contributed by atoms with Crippen LogP contribution in [0.5, 0.6) is 0 Å². The third kappa shape index (κ3) is 3.30. The molecule has 1 fully saturated rings. The molecule has 3 unspecified atom stereocenters. The van der Waals surface area contributed by atoms with E-state index < -0.39 is 37.3 Å². The normalized spacial score (nSPS) is 35.3. The zero-order valence-electron chi connectivity index (χ0n) is 10.3. The first-order valence-electron chi connectivity index (χ1n) is 6.09. The van der Waals surface area contributed by atoms with Crippen molar-refractivity contribution in [3.63, 3.8) is 0 Å². The number of benzene rings is 1. The molecule has 0 aromatic heterocycles. The highest BCUT2D eigenvalue weighted by molar-refractivity contribution is 5.13. The smallest absolute Gasteiger partial charge is 0.184 e. The Hall–Kier alpha value is -1.02. The third-order valence-electron chi connectivity index (χ3n) is 3.13. The van der Waals surface area contributed by atoms with Crippen molar-refractivity contribution in [1.29, 1.82) is 0 Å². The molecule has 0 saturated carbocycles. The molecule has 0 amide bonds. The molecule has 106 valence electrons. The van der Waals surface area contributed by atoms with Gasteiger partial charge < -0.3 is 29.9 Å². The molecule has 2 rings (SSSR count). The van der Waals surface area contributed by atoms with Gasteiger partial charge in [-0.1, -0.05) is 30.3 Å². The third-order valence-corrected chi connectivity index (χ3v) is 3.13. The van der Waals surface area contributed by atoms with E-state index in [0.717, 1.165) is 5.56 Å². The first-order chi connectivity index (χ1) is 9.13. The molecule has 0 bridgehead atoms. The van der Waals surface area contributed by atoms with Crippen LogP contribution in [0.2, 0.25) is 0 Å². The second-order valence-corrected chi connectivity index (χ2v) is 4.49. The topological polar surface area (TPSA) is 99.4 Å². The number of aliphatic hydroxyl groups excluding tert-OH is 4. The molecule has 0 aliphatic carbocycles. The van der Waals surface area contributed by atoms with Crippen molar-refractivity contribution >= 4 is 0 Å². The summed E-state index contributed by atoms with van der Waals surface area (Å²) in [5.41, 5.74) is 0.878. The second-order valence-electron chi connectivity index (χ2n) is 4.49. The predicted octanol–water partition coefficient (Wildman–Crippen LogP) is -0.997. The maximum atomic E-state index is 9.91. The Balaban J connectivity index is 2.00. The van der Waals surface area contributed by atoms with Crippen LogP contribution in [0.3, 0.4) is 0 Å². The van der Waals surface area contributed by atoms with Gasteiger partial charge in [0, 0.05) is 0 Å². The Morgan fingerprint density at radius 3 is 2.37 bits per heavy atom. The minimum atomic E-state index is -1.48. The molecule has 1 heterocycles. The minimum Gasteiger partial charge on any atom is -0.394 e. The first-order valence-corrected chi connectivity index (χ1v) is 6.09. The predicted molar refractivity (Wildman–Crippen MR) is 65.0 cm³/mol. The Morgan fingerprint density at radius 1 is 1.05 bits per heavy atom. The van der Waals surface area contributed by atoms with E-state index in [9.17, 15) is 15.3 Å². The summed E-state index contributed by atoms with van der Waals surface area (Å²) in [5.74, 6) is 0. The maximum absolute atomic E-state index is 9.91. The largest absolute Gasteiger partial charge is 0.394 e. The summed E-state index contributed by atoms with van der Waals surface area (Å²) in [6.45, 7) is -0.277. The lowest BCUT2D eigenvalue weighted by Crippen LogP contribution is -2.59. The van der Waals surface area contributed by atoms with Gasteiger partial charge in [-0.25, -0.2) is 0 Å². The zero-order chi connectivity index (χ0) is 13.8. The molecule has 0 spiro atoms. The summed E-state index contributed by atoms with van der Waals surface area (Å²) in [7, 11) is 0. The summed E-state index contributed by atoms with van der Waals surface area (Å²) in [4.78, 5) is 0. The van der Waals surface area contributed by atoms with Gasteiger partial charge in [0.2, 0.25) is 0 Å². The van der Waals surface area contributed by atoms with Crippen molar-refractivity contribution in [1.82, 2.24) is 0 Å². The summed E-state index contributed by atoms with van der Waals surface area (Å²) in [5, 5.41) is 38.2. The van der Waals surface area contributed by atoms with Crippen molar-refractivity contribution in [2.75, 3.05) is 6.61 Å². The van der Waals surface area contributed by atoms with Crippen LogP contribution in [0.4, 0.5) is 0 Å². The van der Waals surface area contributed by atoms with E-state index in [1.807, 2.05) is 30.3 Å². The molecule has 1 aromatic carbocycles. The van der Waals surface area contributed by atoms with Crippen molar-refractivity contribution in [3.05, 3.63) is 35.9 Å². The average Bonchev–Trinajstić information content (AvgIpc) is 2.44. The van der Waals surface area contributed by atoms with Gasteiger partial charge in [-0.15, -0.1) is 0 Å². The quantitative estimate of drug-likeness (QED) is 0.560. The molecule has 19 heavy (non-hydrogen) atoms. The lowest BCUT2D eigenvalue weighted by atomic mass is 9.99. The molecular weight excluding hydrogens is 252 g/mol. The highest BCUT2D eigenvalue weighted by Gasteiger charge is 2.44. The van der Waals surface area contributed by atoms with Crippen LogP contribution in [0.15, 0.2) is 30.3 Å². The minimum absolute atomic E-state index is 0.185. The van der Waals surface area contributed by atoms with Crippen LogP contribution < -0.4 is 0 Å². The van der Waals surface area contributed by atoms with Gasteiger partial charge in [-0.2, -0.15) is 0 Å². The van der Waals surface area contributed by atoms with Crippen molar-refractivity contribution in [3.8, 4) is 0 Å². The van der Waals surface area contributed by atoms with Gasteiger partial charge in [0.1, 0.15) is 24.4 Å². The summed E-state index contributed by atoms with van der Waals surface area (Å²) in [6.07, 6.45) is -6.03. The maximum Gasteiger partial charge on any atom is 0.184 e. The molecule has 1 aromatic rings. The number of hydrogen-bond acceptors (Lipinski definition) is 6. The van der Waals surface area contributed by atoms with E-state index in [4.69, 9.17) is 14.6 Å². The monoisotopic (exact) mass is 270 g/mol. The fourth-order valence-electron chi connectivity index (χ4n) is 2.03. The summed E-state index contributed by atoms with van der Waals surface area (Å²) in [6, 6.07) is 9.26. The zero-order valence-corrected chi connectivity index (χ0v) is 10.3. The SMILES string of the molecule is OCC1O[C@@H](O)C(O)C(OCc2ccccc2)[C@@H]1O. The standard InChI is InChI=1S/C13H18O6/c14-6-9-10(15)12(11(16)13(17)19-9)18-7-8-4-2-1-3-5-8/h1-5,9-17H,6-7H2/t9?,10-,11?,12?,13-/m1/s1. The highest BCUT2D eigenvalue weighted by atomic mass is 16.6. The van der Waals surface area contributed by atoms with E-state index in [-0.39, 0.29) is 6.61 Å². The molecule has 4 N–H and O–H groups in total. The van der Waals surface area contributed by atoms with Gasteiger partial charge in [0.15, 0.2) is 6.29 Å². The first kappa shape index (κ1) is 14.4. The molecule has 5 atom stereocenters. The van der Waals surface area contributed by atoms with Crippen LogP contribution in [0, 0.1) is 0 Å². The molecule has 6 nitrogen and oxygen atoms in total. The lowest BCUT2D eigenvalue weighted by molar-refractivity contribution is -0.296. The highest BCUT2D eigenvalue weighted by Crippen LogP contribution is 2.23. The molecule has 1 aliphatic heterocycles. The summed E-state index contributed by atoms with van der Waals surface area (Å²) < 4.78 is 10.3. The Bertz CT molecular complexity index is 384. The van der Waals surface area contributed by atoms with Crippen molar-refractivity contribution < 1.29 is 29.9 Å². The van der Waals surface area contributed by atoms with Crippen LogP contribution >= 0.6 is 0 Å². The second kappa shape index (κ2) is 6.42. The summed E-state index contributed by atoms with van der Waals surface area (Å²) >= 11 is 0. The van der Waals surface area contributed by atoms with E-state index >= 15 is 0 Å². The number of ether oxygens (including phenoxy) is 2. The van der Waals surface area contributed by atoms with E-state index in [2.05, 4.69) is 0 Å². The molecule has 0 radical (unpaired) electrons. The Kier molecular flexibility index (Phi) is 4.87. The van der Waals surface area contributed by atoms with Crippen molar-refractivity contribution in [2.45, 2.75) is 37.3 Å². The number of hydrogen-bond donors (Lipinski definition) is 4. The van der Waals surface area contributed by atoms with E-state index in [0.29, 0.717) is 0 Å². The average molecular weight is 270 g/mol. The fourth-order valence-corrected chi connectivity index (χ4v) is 2.03. The van der Waals surface area contributed by atoms with Crippen LogP contribution in [-0.2, 0) is 16.1 Å². The van der Waals surface area contributed by atoms with Crippen LogP contribution in [0.25, 0.3) is 0 Å². The van der Waals surface area contributed by atoms with Gasteiger partial charge in [0.05, 0.1) is 13.2 Å². The van der Waals surface area contributed by atoms with Crippen molar-refractivity contribution in [2.24, 2.45) is 0 Å². The van der Waals surface area contributed by atoms with Crippen LogP contribution in [0.1, 0.15) is 5.56 Å². The van der Waals surface area contributed by atoms with Gasteiger partial charge in [-0.05, 0) is 5.56 Å². The number of rotatable bonds is 4. The van der Waals surface area contributed by atoms with Crippen LogP contribution in [-0.4, -0.2) is 57.7 Å². The van der Waals surface area contributed by atoms with Gasteiger partial charge >= 0.3 is 0 Å².